The molecule has 0 radical (unpaired) electrons. The quantitative estimate of drug-likeness (QED) is 0.258. The summed E-state index contributed by atoms with van der Waals surface area (Å²) < 4.78 is 52.3. The first-order valence-corrected chi connectivity index (χ1v) is 16.4. The van der Waals surface area contributed by atoms with Gasteiger partial charge >= 0.3 is 6.01 Å². The number of pyridine rings is 1. The number of hydrogen-bond donors (Lipinski definition) is 2. The van der Waals surface area contributed by atoms with Gasteiger partial charge in [0.05, 0.1) is 23.4 Å². The number of rotatable bonds is 8. The van der Waals surface area contributed by atoms with Crippen molar-refractivity contribution in [3.63, 3.8) is 0 Å². The number of nitrogens with zero attached hydrogens (tertiary/aromatic N) is 5. The number of fused-ring (bicyclic) bond motifs is 2. The van der Waals surface area contributed by atoms with Gasteiger partial charge in [0.1, 0.15) is 28.8 Å². The van der Waals surface area contributed by atoms with Crippen molar-refractivity contribution in [3.8, 4) is 35.4 Å². The van der Waals surface area contributed by atoms with E-state index < -0.39 is 29.8 Å². The lowest BCUT2D eigenvalue weighted by molar-refractivity contribution is 0.100. The Balaban J connectivity index is 1.34. The molecule has 250 valence electrons. The van der Waals surface area contributed by atoms with Crippen LogP contribution in [0.2, 0.25) is 0 Å². The highest BCUT2D eigenvalue weighted by Gasteiger charge is 2.59. The summed E-state index contributed by atoms with van der Waals surface area (Å²) in [5.74, 6) is -1.27. The van der Waals surface area contributed by atoms with Crippen LogP contribution in [0.1, 0.15) is 43.7 Å². The average Bonchev–Trinajstić information content (AvgIpc) is 3.94. The molecule has 8 rings (SSSR count). The molecule has 1 atom stereocenters. The van der Waals surface area contributed by atoms with Gasteiger partial charge in [-0.1, -0.05) is 12.0 Å². The van der Waals surface area contributed by atoms with Crippen LogP contribution in [0.3, 0.4) is 0 Å². The SMILES string of the molecule is C#Cc1c(F)ccc2cc(O)cc(-c3cc4nc(OCC5(CN(C)C)CC5)nc(N5CCC6(CC5)CNC6)c4c(=O)n3C3CC3(F)F)c12. The molecule has 2 saturated carbocycles. The summed E-state index contributed by atoms with van der Waals surface area (Å²) in [6.45, 7) is 4.41. The molecule has 4 heterocycles. The van der Waals surface area contributed by atoms with Gasteiger partial charge in [-0.15, -0.1) is 6.42 Å². The normalized spacial score (nSPS) is 21.8. The number of alkyl halides is 2. The third kappa shape index (κ3) is 5.15. The van der Waals surface area contributed by atoms with Gasteiger partial charge in [0.15, 0.2) is 0 Å². The van der Waals surface area contributed by atoms with Gasteiger partial charge in [0, 0.05) is 55.5 Å². The first-order chi connectivity index (χ1) is 22.9. The number of hydrogen-bond acceptors (Lipinski definition) is 8. The van der Waals surface area contributed by atoms with E-state index in [2.05, 4.69) is 16.1 Å². The van der Waals surface area contributed by atoms with Gasteiger partial charge in [0.25, 0.3) is 11.5 Å². The molecule has 2 saturated heterocycles. The van der Waals surface area contributed by atoms with E-state index in [0.29, 0.717) is 30.9 Å². The van der Waals surface area contributed by atoms with Gasteiger partial charge in [0.2, 0.25) is 0 Å². The highest BCUT2D eigenvalue weighted by atomic mass is 19.3. The topological polar surface area (TPSA) is 95.8 Å². The average molecular weight is 659 g/mol. The molecular formula is C36H37F3N6O3. The molecule has 48 heavy (non-hydrogen) atoms. The maximum absolute atomic E-state index is 15.1. The van der Waals surface area contributed by atoms with Crippen molar-refractivity contribution >= 4 is 27.5 Å². The van der Waals surface area contributed by atoms with Gasteiger partial charge < -0.3 is 25.0 Å². The summed E-state index contributed by atoms with van der Waals surface area (Å²) in [4.78, 5) is 28.3. The van der Waals surface area contributed by atoms with Crippen molar-refractivity contribution < 1.29 is 23.0 Å². The van der Waals surface area contributed by atoms with Crippen LogP contribution in [0, 0.1) is 29.0 Å². The molecule has 0 amide bonds. The Kier molecular flexibility index (Phi) is 6.99. The molecule has 4 aromatic rings. The van der Waals surface area contributed by atoms with Gasteiger partial charge in [-0.3, -0.25) is 9.36 Å². The minimum absolute atomic E-state index is 0.0149. The van der Waals surface area contributed by atoms with Crippen LogP contribution >= 0.6 is 0 Å². The maximum atomic E-state index is 15.1. The highest BCUT2D eigenvalue weighted by molar-refractivity contribution is 6.03. The molecule has 2 aromatic heterocycles. The van der Waals surface area contributed by atoms with E-state index >= 15 is 4.39 Å². The number of ether oxygens (including phenoxy) is 1. The lowest BCUT2D eigenvalue weighted by Crippen LogP contribution is -2.58. The second kappa shape index (κ2) is 10.8. The second-order valence-electron chi connectivity index (χ2n) is 14.6. The number of piperidine rings is 1. The first kappa shape index (κ1) is 31.0. The summed E-state index contributed by atoms with van der Waals surface area (Å²) in [5, 5.41) is 14.9. The van der Waals surface area contributed by atoms with E-state index in [1.165, 1.54) is 24.3 Å². The number of halogens is 3. The smallest absolute Gasteiger partial charge is 0.318 e. The predicted molar refractivity (Wildman–Crippen MR) is 177 cm³/mol. The minimum Gasteiger partial charge on any atom is -0.508 e. The zero-order valence-electron chi connectivity index (χ0n) is 27.0. The largest absolute Gasteiger partial charge is 0.508 e. The van der Waals surface area contributed by atoms with Crippen molar-refractivity contribution in [1.29, 1.82) is 0 Å². The summed E-state index contributed by atoms with van der Waals surface area (Å²) in [7, 11) is 4.04. The van der Waals surface area contributed by atoms with Crippen molar-refractivity contribution in [2.24, 2.45) is 10.8 Å². The number of phenols is 1. The third-order valence-electron chi connectivity index (χ3n) is 10.7. The van der Waals surface area contributed by atoms with Crippen molar-refractivity contribution in [3.05, 3.63) is 52.1 Å². The molecule has 0 bridgehead atoms. The fraction of sp³-hybridized carbons (Fsp3) is 0.472. The number of aromatic hydroxyl groups is 1. The standard InChI is InChI=1S/C36H37F3N6O3/c1-4-23-25(37)6-5-21-13-22(46)14-24(29(21)23)27-15-26-30(32(47)45(27)28-16-36(28,38)39)31(44-11-9-34(10-12-44)17-40-18-34)42-33(41-26)48-20-35(7-8-35)19-43(2)3/h1,5-6,13-15,28,40,46H,7-12,16-20H2,2-3H3. The van der Waals surface area contributed by atoms with Crippen LogP contribution in [0.5, 0.6) is 11.8 Å². The Bertz CT molecular complexity index is 2070. The van der Waals surface area contributed by atoms with Crippen LogP contribution in [-0.4, -0.2) is 83.9 Å². The number of terminal acetylenes is 1. The summed E-state index contributed by atoms with van der Waals surface area (Å²) in [6.07, 6.45) is 9.03. The van der Waals surface area contributed by atoms with Crippen molar-refractivity contribution in [1.82, 2.24) is 24.8 Å². The highest BCUT2D eigenvalue weighted by Crippen LogP contribution is 2.54. The van der Waals surface area contributed by atoms with Crippen LogP contribution in [0.25, 0.3) is 32.9 Å². The molecule has 4 aliphatic rings. The van der Waals surface area contributed by atoms with Crippen LogP contribution < -0.4 is 20.5 Å². The van der Waals surface area contributed by atoms with Crippen molar-refractivity contribution in [2.75, 3.05) is 58.3 Å². The van der Waals surface area contributed by atoms with E-state index in [1.807, 2.05) is 19.0 Å². The predicted octanol–water partition coefficient (Wildman–Crippen LogP) is 4.93. The van der Waals surface area contributed by atoms with Gasteiger partial charge in [-0.25, -0.2) is 13.2 Å². The molecule has 4 fully saturated rings. The van der Waals surface area contributed by atoms with E-state index in [9.17, 15) is 18.7 Å². The number of phenolic OH excluding ortho intramolecular Hbond substituents is 1. The fourth-order valence-corrected chi connectivity index (χ4v) is 7.68. The Morgan fingerprint density at radius 3 is 2.44 bits per heavy atom. The number of nitrogens with one attached hydrogen (secondary N) is 1. The zero-order chi connectivity index (χ0) is 33.6. The number of anilines is 1. The Morgan fingerprint density at radius 2 is 1.83 bits per heavy atom. The monoisotopic (exact) mass is 658 g/mol. The van der Waals surface area contributed by atoms with Gasteiger partial charge in [-0.2, -0.15) is 9.97 Å². The molecule has 2 N–H and O–H groups in total. The fourth-order valence-electron chi connectivity index (χ4n) is 7.68. The number of aromatic nitrogens is 3. The molecule has 1 spiro atoms. The van der Waals surface area contributed by atoms with E-state index in [4.69, 9.17) is 21.1 Å². The second-order valence-corrected chi connectivity index (χ2v) is 14.6. The molecule has 2 aliphatic heterocycles. The van der Waals surface area contributed by atoms with E-state index in [0.717, 1.165) is 49.9 Å². The molecule has 12 heteroatoms. The van der Waals surface area contributed by atoms with Crippen LogP contribution in [0.15, 0.2) is 35.1 Å². The zero-order valence-corrected chi connectivity index (χ0v) is 27.0. The van der Waals surface area contributed by atoms with Crippen LogP contribution in [-0.2, 0) is 0 Å². The van der Waals surface area contributed by atoms with E-state index in [-0.39, 0.29) is 55.7 Å². The summed E-state index contributed by atoms with van der Waals surface area (Å²) in [6, 6.07) is 5.60. The Hall–Kier alpha value is -4.34. The maximum Gasteiger partial charge on any atom is 0.318 e. The molecule has 2 aliphatic carbocycles. The number of benzene rings is 2. The molecule has 2 aromatic carbocycles. The summed E-state index contributed by atoms with van der Waals surface area (Å²) >= 11 is 0. The third-order valence-corrected chi connectivity index (χ3v) is 10.7. The lowest BCUT2D eigenvalue weighted by atomic mass is 9.73. The minimum atomic E-state index is -3.14. The Morgan fingerprint density at radius 1 is 1.10 bits per heavy atom. The lowest BCUT2D eigenvalue weighted by Gasteiger charge is -2.48. The van der Waals surface area contributed by atoms with Crippen molar-refractivity contribution in [2.45, 2.75) is 44.1 Å². The molecule has 9 nitrogen and oxygen atoms in total. The Labute approximate surface area is 275 Å². The summed E-state index contributed by atoms with van der Waals surface area (Å²) in [5.41, 5.74) is -0.155. The molecular weight excluding hydrogens is 621 g/mol. The van der Waals surface area contributed by atoms with Gasteiger partial charge in [-0.05, 0) is 74.8 Å². The first-order valence-electron chi connectivity index (χ1n) is 16.4. The molecule has 1 unspecified atom stereocenters. The van der Waals surface area contributed by atoms with Crippen LogP contribution in [0.4, 0.5) is 19.0 Å². The van der Waals surface area contributed by atoms with E-state index in [1.54, 1.807) is 6.07 Å².